The first kappa shape index (κ1) is 12.9. The van der Waals surface area contributed by atoms with E-state index in [1.807, 2.05) is 6.07 Å². The number of carbonyl (C=O) groups excluding carboxylic acids is 1. The van der Waals surface area contributed by atoms with Crippen LogP contribution in [0.1, 0.15) is 49.7 Å². The highest BCUT2D eigenvalue weighted by atomic mass is 16.5. The van der Waals surface area contributed by atoms with E-state index in [4.69, 9.17) is 4.74 Å². The molecular weight excluding hydrogens is 226 g/mol. The highest BCUT2D eigenvalue weighted by molar-refractivity contribution is 5.76. The van der Waals surface area contributed by atoms with Crippen LogP contribution >= 0.6 is 0 Å². The van der Waals surface area contributed by atoms with Crippen LogP contribution in [0.15, 0.2) is 18.2 Å². The molecule has 3 nitrogen and oxygen atoms in total. The van der Waals surface area contributed by atoms with Crippen LogP contribution in [-0.4, -0.2) is 19.6 Å². The van der Waals surface area contributed by atoms with E-state index in [2.05, 4.69) is 31.3 Å². The number of rotatable bonds is 3. The summed E-state index contributed by atoms with van der Waals surface area (Å²) in [6.45, 7) is 5.09. The molecule has 1 aromatic rings. The molecule has 0 spiro atoms. The number of hydrogen-bond donors (Lipinski definition) is 1. The predicted molar refractivity (Wildman–Crippen MR) is 72.1 cm³/mol. The number of carbonyl (C=O) groups is 1. The van der Waals surface area contributed by atoms with Crippen molar-refractivity contribution >= 4 is 5.91 Å². The molecule has 0 saturated carbocycles. The van der Waals surface area contributed by atoms with Crippen LogP contribution < -0.4 is 10.1 Å². The molecule has 1 aromatic carbocycles. The van der Waals surface area contributed by atoms with Crippen molar-refractivity contribution in [2.24, 2.45) is 0 Å². The summed E-state index contributed by atoms with van der Waals surface area (Å²) in [4.78, 5) is 11.2. The summed E-state index contributed by atoms with van der Waals surface area (Å²) in [5.41, 5.74) is 2.55. The van der Waals surface area contributed by atoms with E-state index in [1.54, 1.807) is 7.11 Å². The summed E-state index contributed by atoms with van der Waals surface area (Å²) in [6.07, 6.45) is 1.57. The molecule has 0 aromatic heterocycles. The first-order chi connectivity index (χ1) is 8.61. The average molecular weight is 247 g/mol. The molecular formula is C15H21NO2. The second-order valence-corrected chi connectivity index (χ2v) is 5.20. The number of hydrogen-bond acceptors (Lipinski definition) is 2. The minimum atomic E-state index is 0.170. The molecule has 0 radical (unpaired) electrons. The molecule has 1 amide bonds. The van der Waals surface area contributed by atoms with E-state index in [9.17, 15) is 4.79 Å². The Morgan fingerprint density at radius 3 is 2.72 bits per heavy atom. The summed E-state index contributed by atoms with van der Waals surface area (Å²) in [5.74, 6) is 2.00. The van der Waals surface area contributed by atoms with Crippen molar-refractivity contribution in [1.82, 2.24) is 5.32 Å². The summed E-state index contributed by atoms with van der Waals surface area (Å²) in [7, 11) is 1.71. The minimum Gasteiger partial charge on any atom is -0.496 e. The first-order valence-corrected chi connectivity index (χ1v) is 6.56. The lowest BCUT2D eigenvalue weighted by Crippen LogP contribution is -2.33. The standard InChI is InChI=1S/C15H21NO2/c1-10(2)13-8-11(4-6-14(13)18-3)12-5-7-15(17)16-9-12/h4,6,8,10,12H,5,7,9H2,1-3H3,(H,16,17). The maximum absolute atomic E-state index is 11.2. The molecule has 0 bridgehead atoms. The molecule has 1 aliphatic heterocycles. The van der Waals surface area contributed by atoms with E-state index >= 15 is 0 Å². The van der Waals surface area contributed by atoms with E-state index in [0.29, 0.717) is 18.3 Å². The number of benzene rings is 1. The van der Waals surface area contributed by atoms with Gasteiger partial charge >= 0.3 is 0 Å². The number of ether oxygens (including phenoxy) is 1. The van der Waals surface area contributed by atoms with Crippen molar-refractivity contribution in [2.45, 2.75) is 38.5 Å². The second kappa shape index (κ2) is 5.42. The van der Waals surface area contributed by atoms with Gasteiger partial charge in [0.1, 0.15) is 5.75 Å². The second-order valence-electron chi connectivity index (χ2n) is 5.20. The Morgan fingerprint density at radius 2 is 2.17 bits per heavy atom. The largest absolute Gasteiger partial charge is 0.496 e. The van der Waals surface area contributed by atoms with Gasteiger partial charge in [0.25, 0.3) is 0 Å². The molecule has 1 saturated heterocycles. The molecule has 1 aliphatic rings. The lowest BCUT2D eigenvalue weighted by atomic mass is 9.88. The lowest BCUT2D eigenvalue weighted by Gasteiger charge is -2.24. The summed E-state index contributed by atoms with van der Waals surface area (Å²) >= 11 is 0. The molecule has 0 aliphatic carbocycles. The number of piperidine rings is 1. The van der Waals surface area contributed by atoms with Gasteiger partial charge in [0.15, 0.2) is 0 Å². The Labute approximate surface area is 109 Å². The van der Waals surface area contributed by atoms with Gasteiger partial charge in [-0.05, 0) is 29.5 Å². The van der Waals surface area contributed by atoms with E-state index in [0.717, 1.165) is 18.7 Å². The van der Waals surface area contributed by atoms with Crippen molar-refractivity contribution in [1.29, 1.82) is 0 Å². The molecule has 18 heavy (non-hydrogen) atoms. The minimum absolute atomic E-state index is 0.170. The van der Waals surface area contributed by atoms with Crippen LogP contribution in [0.5, 0.6) is 5.75 Å². The van der Waals surface area contributed by atoms with Gasteiger partial charge in [0.05, 0.1) is 7.11 Å². The average Bonchev–Trinajstić information content (AvgIpc) is 2.39. The molecule has 1 fully saturated rings. The smallest absolute Gasteiger partial charge is 0.220 e. The zero-order valence-electron chi connectivity index (χ0n) is 11.3. The maximum atomic E-state index is 11.2. The van der Waals surface area contributed by atoms with Crippen LogP contribution in [0.3, 0.4) is 0 Å². The zero-order valence-corrected chi connectivity index (χ0v) is 11.3. The fourth-order valence-electron chi connectivity index (χ4n) is 2.48. The van der Waals surface area contributed by atoms with Gasteiger partial charge in [-0.15, -0.1) is 0 Å². The number of methoxy groups -OCH3 is 1. The van der Waals surface area contributed by atoms with Gasteiger partial charge in [-0.3, -0.25) is 4.79 Å². The van der Waals surface area contributed by atoms with Crippen LogP contribution in [0.2, 0.25) is 0 Å². The first-order valence-electron chi connectivity index (χ1n) is 6.56. The Balaban J connectivity index is 2.23. The third-order valence-electron chi connectivity index (χ3n) is 3.61. The molecule has 98 valence electrons. The van der Waals surface area contributed by atoms with Crippen LogP contribution in [0.4, 0.5) is 0 Å². The normalized spacial score (nSPS) is 19.8. The highest BCUT2D eigenvalue weighted by Crippen LogP contribution is 2.32. The van der Waals surface area contributed by atoms with Crippen molar-refractivity contribution in [3.8, 4) is 5.75 Å². The van der Waals surface area contributed by atoms with E-state index < -0.39 is 0 Å². The third kappa shape index (κ3) is 2.66. The SMILES string of the molecule is COc1ccc(C2CCC(=O)NC2)cc1C(C)C. The Hall–Kier alpha value is -1.51. The van der Waals surface area contributed by atoms with Gasteiger partial charge in [0, 0.05) is 18.9 Å². The maximum Gasteiger partial charge on any atom is 0.220 e. The zero-order chi connectivity index (χ0) is 13.1. The van der Waals surface area contributed by atoms with Crippen LogP contribution in [0.25, 0.3) is 0 Å². The molecule has 1 heterocycles. The number of amides is 1. The fraction of sp³-hybridized carbons (Fsp3) is 0.533. The van der Waals surface area contributed by atoms with E-state index in [-0.39, 0.29) is 5.91 Å². The quantitative estimate of drug-likeness (QED) is 0.892. The highest BCUT2D eigenvalue weighted by Gasteiger charge is 2.20. The summed E-state index contributed by atoms with van der Waals surface area (Å²) in [6, 6.07) is 6.39. The van der Waals surface area contributed by atoms with Crippen LogP contribution in [0, 0.1) is 0 Å². The number of nitrogens with one attached hydrogen (secondary N) is 1. The van der Waals surface area contributed by atoms with Gasteiger partial charge in [-0.25, -0.2) is 0 Å². The molecule has 1 unspecified atom stereocenters. The van der Waals surface area contributed by atoms with Crippen molar-refractivity contribution in [3.05, 3.63) is 29.3 Å². The fourth-order valence-corrected chi connectivity index (χ4v) is 2.48. The van der Waals surface area contributed by atoms with Gasteiger partial charge in [-0.2, -0.15) is 0 Å². The van der Waals surface area contributed by atoms with Crippen molar-refractivity contribution < 1.29 is 9.53 Å². The summed E-state index contributed by atoms with van der Waals surface area (Å²) < 4.78 is 5.40. The molecule has 1 atom stereocenters. The van der Waals surface area contributed by atoms with Crippen molar-refractivity contribution in [3.63, 3.8) is 0 Å². The predicted octanol–water partition coefficient (Wildman–Crippen LogP) is 2.81. The topological polar surface area (TPSA) is 38.3 Å². The van der Waals surface area contributed by atoms with Crippen LogP contribution in [-0.2, 0) is 4.79 Å². The van der Waals surface area contributed by atoms with Gasteiger partial charge in [0.2, 0.25) is 5.91 Å². The molecule has 1 N–H and O–H groups in total. The monoisotopic (exact) mass is 247 g/mol. The third-order valence-corrected chi connectivity index (χ3v) is 3.61. The Bertz CT molecular complexity index is 430. The lowest BCUT2D eigenvalue weighted by molar-refractivity contribution is -0.122. The molecule has 3 heteroatoms. The van der Waals surface area contributed by atoms with Gasteiger partial charge < -0.3 is 10.1 Å². The Morgan fingerprint density at radius 1 is 1.39 bits per heavy atom. The summed E-state index contributed by atoms with van der Waals surface area (Å²) in [5, 5.41) is 2.94. The van der Waals surface area contributed by atoms with Crippen molar-refractivity contribution in [2.75, 3.05) is 13.7 Å². The molecule has 2 rings (SSSR count). The van der Waals surface area contributed by atoms with E-state index in [1.165, 1.54) is 11.1 Å². The Kier molecular flexibility index (Phi) is 3.90. The van der Waals surface area contributed by atoms with Gasteiger partial charge in [-0.1, -0.05) is 26.0 Å².